The van der Waals surface area contributed by atoms with E-state index in [-0.39, 0.29) is 12.0 Å². The van der Waals surface area contributed by atoms with Crippen molar-refractivity contribution in [2.24, 2.45) is 0 Å². The van der Waals surface area contributed by atoms with E-state index < -0.39 is 0 Å². The number of carbonyl (C=O) groups is 1. The fraction of sp³-hybridized carbons (Fsp3) is 0.429. The van der Waals surface area contributed by atoms with Crippen LogP contribution in [0.2, 0.25) is 0 Å². The van der Waals surface area contributed by atoms with Crippen molar-refractivity contribution in [3.8, 4) is 16.9 Å². The summed E-state index contributed by atoms with van der Waals surface area (Å²) < 4.78 is 11.0. The van der Waals surface area contributed by atoms with Crippen molar-refractivity contribution < 1.29 is 14.3 Å². The third-order valence-corrected chi connectivity index (χ3v) is 4.78. The van der Waals surface area contributed by atoms with Crippen LogP contribution in [0.4, 0.5) is 0 Å². The Morgan fingerprint density at radius 1 is 1.23 bits per heavy atom. The summed E-state index contributed by atoms with van der Waals surface area (Å²) in [5, 5.41) is 0. The minimum absolute atomic E-state index is 0.0528. The van der Waals surface area contributed by atoms with Gasteiger partial charge in [-0.3, -0.25) is 9.78 Å². The number of ether oxygens (including phenoxy) is 2. The molecule has 1 amide bonds. The molecule has 1 fully saturated rings. The number of hydrogen-bond donors (Lipinski definition) is 0. The van der Waals surface area contributed by atoms with Gasteiger partial charge in [0.15, 0.2) is 0 Å². The maximum Gasteiger partial charge on any atom is 0.253 e. The Hall–Kier alpha value is -2.40. The highest BCUT2D eigenvalue weighted by Gasteiger charge is 2.21. The molecule has 138 valence electrons. The number of carbonyl (C=O) groups excluding carboxylic acids is 1. The van der Waals surface area contributed by atoms with Gasteiger partial charge in [-0.05, 0) is 49.9 Å². The predicted molar refractivity (Wildman–Crippen MR) is 101 cm³/mol. The topological polar surface area (TPSA) is 51.7 Å². The molecule has 5 heteroatoms. The van der Waals surface area contributed by atoms with Crippen molar-refractivity contribution in [1.82, 2.24) is 9.88 Å². The smallest absolute Gasteiger partial charge is 0.253 e. The summed E-state index contributed by atoms with van der Waals surface area (Å²) in [7, 11) is 1.62. The van der Waals surface area contributed by atoms with Crippen LogP contribution in [0.15, 0.2) is 42.7 Å². The molecule has 5 nitrogen and oxygen atoms in total. The number of hydrogen-bond acceptors (Lipinski definition) is 4. The summed E-state index contributed by atoms with van der Waals surface area (Å²) in [6, 6.07) is 9.59. The first-order chi connectivity index (χ1) is 12.7. The van der Waals surface area contributed by atoms with Gasteiger partial charge in [0.2, 0.25) is 0 Å². The third kappa shape index (κ3) is 4.41. The molecule has 0 aliphatic carbocycles. The van der Waals surface area contributed by atoms with Crippen molar-refractivity contribution in [1.29, 1.82) is 0 Å². The summed E-state index contributed by atoms with van der Waals surface area (Å²) in [6.45, 7) is 4.16. The molecule has 3 rings (SSSR count). The minimum atomic E-state index is 0.0528. The van der Waals surface area contributed by atoms with Crippen molar-refractivity contribution in [3.63, 3.8) is 0 Å². The third-order valence-electron chi connectivity index (χ3n) is 4.78. The molecule has 1 unspecified atom stereocenters. The monoisotopic (exact) mass is 354 g/mol. The van der Waals surface area contributed by atoms with Crippen LogP contribution in [0.1, 0.15) is 36.5 Å². The second-order valence-corrected chi connectivity index (χ2v) is 6.52. The normalized spacial score (nSPS) is 16.9. The van der Waals surface area contributed by atoms with E-state index in [1.54, 1.807) is 19.5 Å². The van der Waals surface area contributed by atoms with E-state index in [9.17, 15) is 4.79 Å². The van der Waals surface area contributed by atoms with Gasteiger partial charge in [-0.2, -0.15) is 0 Å². The SMILES string of the molecule is CCN(CC1CCCCO1)C(=O)c1ccc(-c2cncc(OC)c2)cc1. The minimum Gasteiger partial charge on any atom is -0.495 e. The molecule has 1 aromatic carbocycles. The number of likely N-dealkylation sites (N-methyl/N-ethyl adjacent to an activating group) is 1. The highest BCUT2D eigenvalue weighted by atomic mass is 16.5. The molecule has 1 aliphatic heterocycles. The number of benzene rings is 1. The predicted octanol–water partition coefficient (Wildman–Crippen LogP) is 3.79. The zero-order chi connectivity index (χ0) is 18.4. The Morgan fingerprint density at radius 2 is 2.04 bits per heavy atom. The molecular weight excluding hydrogens is 328 g/mol. The number of pyridine rings is 1. The lowest BCUT2D eigenvalue weighted by Crippen LogP contribution is -2.39. The second-order valence-electron chi connectivity index (χ2n) is 6.52. The first kappa shape index (κ1) is 18.4. The molecule has 0 saturated carbocycles. The molecule has 2 heterocycles. The summed E-state index contributed by atoms with van der Waals surface area (Å²) in [6.07, 6.45) is 6.96. The first-order valence-electron chi connectivity index (χ1n) is 9.21. The lowest BCUT2D eigenvalue weighted by Gasteiger charge is -2.29. The molecule has 0 N–H and O–H groups in total. The Labute approximate surface area is 155 Å². The lowest BCUT2D eigenvalue weighted by atomic mass is 10.0. The number of aromatic nitrogens is 1. The van der Waals surface area contributed by atoms with E-state index in [1.807, 2.05) is 42.2 Å². The highest BCUT2D eigenvalue weighted by Crippen LogP contribution is 2.23. The van der Waals surface area contributed by atoms with Gasteiger partial charge < -0.3 is 14.4 Å². The average Bonchev–Trinajstić information content (AvgIpc) is 2.72. The van der Waals surface area contributed by atoms with Gasteiger partial charge in [-0.1, -0.05) is 12.1 Å². The molecule has 0 radical (unpaired) electrons. The average molecular weight is 354 g/mol. The molecule has 1 saturated heterocycles. The zero-order valence-corrected chi connectivity index (χ0v) is 15.5. The van der Waals surface area contributed by atoms with Crippen LogP contribution in [-0.2, 0) is 4.74 Å². The molecule has 0 bridgehead atoms. The molecule has 0 spiro atoms. The standard InChI is InChI=1S/C21H26N2O3/c1-3-23(15-19-6-4-5-11-26-19)21(24)17-9-7-16(8-10-17)18-12-20(25-2)14-22-13-18/h7-10,12-14,19H,3-6,11,15H2,1-2H3. The second kappa shape index (κ2) is 8.81. The van der Waals surface area contributed by atoms with Gasteiger partial charge in [-0.25, -0.2) is 0 Å². The van der Waals surface area contributed by atoms with E-state index in [0.29, 0.717) is 24.4 Å². The lowest BCUT2D eigenvalue weighted by molar-refractivity contribution is -0.00311. The molecular formula is C21H26N2O3. The van der Waals surface area contributed by atoms with E-state index in [1.165, 1.54) is 6.42 Å². The van der Waals surface area contributed by atoms with Crippen molar-refractivity contribution >= 4 is 5.91 Å². The van der Waals surface area contributed by atoms with Crippen LogP contribution < -0.4 is 4.74 Å². The number of nitrogens with zero attached hydrogens (tertiary/aromatic N) is 2. The number of rotatable bonds is 6. The molecule has 1 aliphatic rings. The molecule has 26 heavy (non-hydrogen) atoms. The fourth-order valence-electron chi connectivity index (χ4n) is 3.23. The van der Waals surface area contributed by atoms with Crippen LogP contribution in [0.5, 0.6) is 5.75 Å². The Bertz CT molecular complexity index is 724. The summed E-state index contributed by atoms with van der Waals surface area (Å²) in [5.41, 5.74) is 2.67. The molecule has 2 aromatic rings. The van der Waals surface area contributed by atoms with Crippen molar-refractivity contribution in [3.05, 3.63) is 48.3 Å². The first-order valence-corrected chi connectivity index (χ1v) is 9.21. The Morgan fingerprint density at radius 3 is 2.69 bits per heavy atom. The number of methoxy groups -OCH3 is 1. The fourth-order valence-corrected chi connectivity index (χ4v) is 3.23. The Kier molecular flexibility index (Phi) is 6.23. The van der Waals surface area contributed by atoms with Gasteiger partial charge in [0.1, 0.15) is 5.75 Å². The van der Waals surface area contributed by atoms with Crippen molar-refractivity contribution in [2.45, 2.75) is 32.3 Å². The van der Waals surface area contributed by atoms with Gasteiger partial charge in [-0.15, -0.1) is 0 Å². The largest absolute Gasteiger partial charge is 0.495 e. The molecule has 1 aromatic heterocycles. The van der Waals surface area contributed by atoms with E-state index in [4.69, 9.17) is 9.47 Å². The van der Waals surface area contributed by atoms with Crippen molar-refractivity contribution in [2.75, 3.05) is 26.8 Å². The molecule has 1 atom stereocenters. The van der Waals surface area contributed by atoms with Crippen LogP contribution in [0, 0.1) is 0 Å². The van der Waals surface area contributed by atoms with Crippen LogP contribution in [-0.4, -0.2) is 48.7 Å². The highest BCUT2D eigenvalue weighted by molar-refractivity contribution is 5.94. The van der Waals surface area contributed by atoms with Gasteiger partial charge in [0.25, 0.3) is 5.91 Å². The maximum absolute atomic E-state index is 12.8. The maximum atomic E-state index is 12.8. The van der Waals surface area contributed by atoms with E-state index >= 15 is 0 Å². The van der Waals surface area contributed by atoms with Gasteiger partial charge in [0, 0.05) is 37.0 Å². The van der Waals surface area contributed by atoms with E-state index in [2.05, 4.69) is 4.98 Å². The van der Waals surface area contributed by atoms with Gasteiger partial charge in [0.05, 0.1) is 19.4 Å². The van der Waals surface area contributed by atoms with Gasteiger partial charge >= 0.3 is 0 Å². The van der Waals surface area contributed by atoms with Crippen LogP contribution >= 0.6 is 0 Å². The van der Waals surface area contributed by atoms with Crippen LogP contribution in [0.3, 0.4) is 0 Å². The quantitative estimate of drug-likeness (QED) is 0.792. The summed E-state index contributed by atoms with van der Waals surface area (Å²) in [4.78, 5) is 18.9. The number of amides is 1. The summed E-state index contributed by atoms with van der Waals surface area (Å²) >= 11 is 0. The Balaban J connectivity index is 1.70. The summed E-state index contributed by atoms with van der Waals surface area (Å²) in [5.74, 6) is 0.768. The van der Waals surface area contributed by atoms with Crippen LogP contribution in [0.25, 0.3) is 11.1 Å². The van der Waals surface area contributed by atoms with E-state index in [0.717, 1.165) is 30.6 Å². The zero-order valence-electron chi connectivity index (χ0n) is 15.5.